The Morgan fingerprint density at radius 2 is 2.10 bits per heavy atom. The van der Waals surface area contributed by atoms with Crippen molar-refractivity contribution in [2.75, 3.05) is 14.2 Å². The Morgan fingerprint density at radius 1 is 1.50 bits per heavy atom. The Bertz CT molecular complexity index is 172. The van der Waals surface area contributed by atoms with Crippen molar-refractivity contribution in [3.05, 3.63) is 12.3 Å². The van der Waals surface area contributed by atoms with Crippen LogP contribution in [-0.4, -0.2) is 25.9 Å². The molecule has 0 aliphatic carbocycles. The maximum atomic E-state index is 11.0. The van der Waals surface area contributed by atoms with Gasteiger partial charge in [0.05, 0.1) is 0 Å². The third kappa shape index (κ3) is 0.815. The van der Waals surface area contributed by atoms with E-state index in [0.29, 0.717) is 0 Å². The van der Waals surface area contributed by atoms with E-state index in [1.165, 1.54) is 26.5 Å². The fourth-order valence-corrected chi connectivity index (χ4v) is 0.810. The number of hydrogen-bond acceptors (Lipinski definition) is 4. The van der Waals surface area contributed by atoms with E-state index >= 15 is 0 Å². The Balaban J connectivity index is 2.76. The summed E-state index contributed by atoms with van der Waals surface area (Å²) >= 11 is 0. The van der Waals surface area contributed by atoms with Crippen LogP contribution in [0.3, 0.4) is 0 Å². The second-order valence-electron chi connectivity index (χ2n) is 1.87. The molecule has 1 heterocycles. The molecule has 0 amide bonds. The standard InChI is InChI=1S/C6H9NO3/c1-9-6(10-2)5(8)3-4-7-6/h3-4,7H,1-2H3. The zero-order valence-corrected chi connectivity index (χ0v) is 5.88. The summed E-state index contributed by atoms with van der Waals surface area (Å²) in [5.74, 6) is -1.49. The molecule has 10 heavy (non-hydrogen) atoms. The van der Waals surface area contributed by atoms with Gasteiger partial charge in [0.15, 0.2) is 0 Å². The van der Waals surface area contributed by atoms with Crippen LogP contribution in [0.15, 0.2) is 12.3 Å². The van der Waals surface area contributed by atoms with Gasteiger partial charge in [0, 0.05) is 26.5 Å². The summed E-state index contributed by atoms with van der Waals surface area (Å²) in [5.41, 5.74) is 0. The zero-order valence-electron chi connectivity index (χ0n) is 5.88. The first-order chi connectivity index (χ1) is 4.75. The molecule has 0 aromatic heterocycles. The molecule has 0 aromatic carbocycles. The molecule has 0 saturated heterocycles. The highest BCUT2D eigenvalue weighted by atomic mass is 16.7. The molecule has 4 heteroatoms. The summed E-state index contributed by atoms with van der Waals surface area (Å²) in [5, 5.41) is 2.64. The molecular formula is C6H9NO3. The number of hydrogen-bond donors (Lipinski definition) is 1. The minimum Gasteiger partial charge on any atom is -0.334 e. The van der Waals surface area contributed by atoms with E-state index in [4.69, 9.17) is 9.47 Å². The lowest BCUT2D eigenvalue weighted by Crippen LogP contribution is -2.48. The van der Waals surface area contributed by atoms with Gasteiger partial charge in [-0.3, -0.25) is 4.79 Å². The van der Waals surface area contributed by atoms with E-state index in [1.54, 1.807) is 0 Å². The van der Waals surface area contributed by atoms with Gasteiger partial charge in [-0.25, -0.2) is 0 Å². The maximum absolute atomic E-state index is 11.0. The van der Waals surface area contributed by atoms with Gasteiger partial charge in [-0.15, -0.1) is 0 Å². The molecule has 1 rings (SSSR count). The summed E-state index contributed by atoms with van der Waals surface area (Å²) in [6.45, 7) is 0. The van der Waals surface area contributed by atoms with Crippen molar-refractivity contribution in [1.29, 1.82) is 0 Å². The number of ketones is 1. The normalized spacial score (nSPS) is 21.2. The van der Waals surface area contributed by atoms with E-state index in [0.717, 1.165) is 0 Å². The average Bonchev–Trinajstić information content (AvgIpc) is 2.32. The highest BCUT2D eigenvalue weighted by Crippen LogP contribution is 2.13. The van der Waals surface area contributed by atoms with Gasteiger partial charge < -0.3 is 14.8 Å². The van der Waals surface area contributed by atoms with E-state index in [1.807, 2.05) is 0 Å². The fourth-order valence-electron chi connectivity index (χ4n) is 0.810. The van der Waals surface area contributed by atoms with Crippen molar-refractivity contribution in [3.63, 3.8) is 0 Å². The molecule has 0 spiro atoms. The van der Waals surface area contributed by atoms with Crippen molar-refractivity contribution in [3.8, 4) is 0 Å². The SMILES string of the molecule is COC1(OC)NC=CC1=O. The van der Waals surface area contributed by atoms with Crippen molar-refractivity contribution in [1.82, 2.24) is 5.32 Å². The summed E-state index contributed by atoms with van der Waals surface area (Å²) in [7, 11) is 2.81. The fraction of sp³-hybridized carbons (Fsp3) is 0.500. The molecule has 0 radical (unpaired) electrons. The second kappa shape index (κ2) is 2.40. The minimum atomic E-state index is -1.26. The lowest BCUT2D eigenvalue weighted by Gasteiger charge is -2.23. The van der Waals surface area contributed by atoms with Crippen molar-refractivity contribution in [2.45, 2.75) is 5.91 Å². The third-order valence-electron chi connectivity index (χ3n) is 1.41. The third-order valence-corrected chi connectivity index (χ3v) is 1.41. The predicted octanol–water partition coefficient (Wildman–Crippen LogP) is -0.381. The largest absolute Gasteiger partial charge is 0.334 e. The van der Waals surface area contributed by atoms with E-state index in [-0.39, 0.29) is 5.78 Å². The average molecular weight is 143 g/mol. The van der Waals surface area contributed by atoms with Gasteiger partial charge in [0.2, 0.25) is 5.78 Å². The number of methoxy groups -OCH3 is 2. The van der Waals surface area contributed by atoms with Crippen LogP contribution in [0, 0.1) is 0 Å². The molecule has 0 atom stereocenters. The van der Waals surface area contributed by atoms with Crippen molar-refractivity contribution < 1.29 is 14.3 Å². The van der Waals surface area contributed by atoms with Crippen molar-refractivity contribution in [2.24, 2.45) is 0 Å². The molecule has 1 aliphatic heterocycles. The van der Waals surface area contributed by atoms with Crippen LogP contribution in [0.2, 0.25) is 0 Å². The van der Waals surface area contributed by atoms with Crippen LogP contribution >= 0.6 is 0 Å². The molecule has 1 N–H and O–H groups in total. The minimum absolute atomic E-state index is 0.225. The predicted molar refractivity (Wildman–Crippen MR) is 34.0 cm³/mol. The van der Waals surface area contributed by atoms with Crippen LogP contribution in [0.25, 0.3) is 0 Å². The van der Waals surface area contributed by atoms with Gasteiger partial charge in [-0.1, -0.05) is 0 Å². The number of carbonyl (C=O) groups excluding carboxylic acids is 1. The quantitative estimate of drug-likeness (QED) is 0.535. The Kier molecular flexibility index (Phi) is 1.74. The molecule has 4 nitrogen and oxygen atoms in total. The second-order valence-corrected chi connectivity index (χ2v) is 1.87. The first-order valence-electron chi connectivity index (χ1n) is 2.84. The monoisotopic (exact) mass is 143 g/mol. The lowest BCUT2D eigenvalue weighted by atomic mass is 10.3. The van der Waals surface area contributed by atoms with Gasteiger partial charge in [-0.05, 0) is 0 Å². The van der Waals surface area contributed by atoms with Gasteiger partial charge in [-0.2, -0.15) is 0 Å². The molecule has 1 aliphatic rings. The Labute approximate surface area is 58.8 Å². The van der Waals surface area contributed by atoms with Crippen LogP contribution in [0.5, 0.6) is 0 Å². The summed E-state index contributed by atoms with van der Waals surface area (Å²) < 4.78 is 9.63. The molecular weight excluding hydrogens is 134 g/mol. The first kappa shape index (κ1) is 7.24. The zero-order chi connectivity index (χ0) is 7.61. The van der Waals surface area contributed by atoms with Crippen LogP contribution in [0.4, 0.5) is 0 Å². The molecule has 0 fully saturated rings. The van der Waals surface area contributed by atoms with Crippen LogP contribution < -0.4 is 5.32 Å². The molecule has 56 valence electrons. The molecule has 0 unspecified atom stereocenters. The topological polar surface area (TPSA) is 47.6 Å². The highest BCUT2D eigenvalue weighted by molar-refractivity contribution is 5.97. The van der Waals surface area contributed by atoms with Crippen LogP contribution in [0.1, 0.15) is 0 Å². The van der Waals surface area contributed by atoms with Gasteiger partial charge >= 0.3 is 5.91 Å². The van der Waals surface area contributed by atoms with Crippen molar-refractivity contribution >= 4 is 5.78 Å². The number of rotatable bonds is 2. The Morgan fingerprint density at radius 3 is 2.30 bits per heavy atom. The molecule has 0 bridgehead atoms. The summed E-state index contributed by atoms with van der Waals surface area (Å²) in [6.07, 6.45) is 2.86. The number of carbonyl (C=O) groups is 1. The smallest absolute Gasteiger partial charge is 0.315 e. The van der Waals surface area contributed by atoms with E-state index in [9.17, 15) is 4.79 Å². The molecule has 0 aromatic rings. The van der Waals surface area contributed by atoms with Gasteiger partial charge in [0.1, 0.15) is 0 Å². The lowest BCUT2D eigenvalue weighted by molar-refractivity contribution is -0.208. The first-order valence-corrected chi connectivity index (χ1v) is 2.84. The van der Waals surface area contributed by atoms with E-state index < -0.39 is 5.91 Å². The number of ether oxygens (including phenoxy) is 2. The molecule has 0 saturated carbocycles. The summed E-state index contributed by atoms with van der Waals surface area (Å²) in [4.78, 5) is 11.0. The Hall–Kier alpha value is -0.870. The highest BCUT2D eigenvalue weighted by Gasteiger charge is 2.39. The van der Waals surface area contributed by atoms with Gasteiger partial charge in [0.25, 0.3) is 0 Å². The number of nitrogens with one attached hydrogen (secondary N) is 1. The maximum Gasteiger partial charge on any atom is 0.315 e. The van der Waals surface area contributed by atoms with Crippen LogP contribution in [-0.2, 0) is 14.3 Å². The summed E-state index contributed by atoms with van der Waals surface area (Å²) in [6, 6.07) is 0. The van der Waals surface area contributed by atoms with E-state index in [2.05, 4.69) is 5.32 Å².